The van der Waals surface area contributed by atoms with E-state index in [1.807, 2.05) is 18.2 Å². The predicted octanol–water partition coefficient (Wildman–Crippen LogP) is 2.46. The van der Waals surface area contributed by atoms with Crippen molar-refractivity contribution in [2.45, 2.75) is 36.9 Å². The highest BCUT2D eigenvalue weighted by Crippen LogP contribution is 2.27. The molecule has 1 aliphatic rings. The number of hydrogen-bond donors (Lipinski definition) is 2. The molecule has 23 heavy (non-hydrogen) atoms. The number of carbonyl (C=O) groups excluding carboxylic acids is 1. The normalized spacial score (nSPS) is 15.0. The minimum atomic E-state index is 0.00388. The summed E-state index contributed by atoms with van der Waals surface area (Å²) in [6, 6.07) is 7.62. The van der Waals surface area contributed by atoms with Gasteiger partial charge in [-0.1, -0.05) is 48.3 Å². The van der Waals surface area contributed by atoms with Crippen LogP contribution < -0.4 is 11.2 Å². The average molecular weight is 352 g/mol. The van der Waals surface area contributed by atoms with Crippen molar-refractivity contribution in [3.8, 4) is 11.4 Å². The standard InChI is InChI=1S/C15H18ClN5OS/c16-12-8-4-3-7-11(12)14-19-20-15(21(14)17)23-9-13(22)18-10-5-1-2-6-10/h3-4,7-8,10H,1-2,5-6,9,17H2,(H,18,22). The van der Waals surface area contributed by atoms with Gasteiger partial charge in [0.15, 0.2) is 5.82 Å². The smallest absolute Gasteiger partial charge is 0.230 e. The van der Waals surface area contributed by atoms with Crippen molar-refractivity contribution in [2.75, 3.05) is 11.6 Å². The molecule has 3 rings (SSSR count). The fourth-order valence-electron chi connectivity index (χ4n) is 2.67. The first-order valence-electron chi connectivity index (χ1n) is 7.52. The molecular weight excluding hydrogens is 334 g/mol. The molecule has 0 radical (unpaired) electrons. The molecule has 3 N–H and O–H groups in total. The maximum absolute atomic E-state index is 12.0. The number of carbonyl (C=O) groups is 1. The van der Waals surface area contributed by atoms with Crippen molar-refractivity contribution in [2.24, 2.45) is 0 Å². The second-order valence-corrected chi connectivity index (χ2v) is 6.84. The van der Waals surface area contributed by atoms with Gasteiger partial charge in [-0.15, -0.1) is 10.2 Å². The molecule has 0 bridgehead atoms. The Balaban J connectivity index is 1.63. The van der Waals surface area contributed by atoms with Gasteiger partial charge >= 0.3 is 0 Å². The molecule has 0 unspecified atom stereocenters. The molecule has 1 aliphatic carbocycles. The maximum atomic E-state index is 12.0. The molecule has 1 saturated carbocycles. The van der Waals surface area contributed by atoms with E-state index in [4.69, 9.17) is 17.4 Å². The molecule has 1 aromatic heterocycles. The van der Waals surface area contributed by atoms with Crippen molar-refractivity contribution in [1.29, 1.82) is 0 Å². The van der Waals surface area contributed by atoms with Crippen LogP contribution in [0, 0.1) is 0 Å². The monoisotopic (exact) mass is 351 g/mol. The molecular formula is C15H18ClN5OS. The number of rotatable bonds is 5. The highest BCUT2D eigenvalue weighted by atomic mass is 35.5. The number of aromatic nitrogens is 3. The second kappa shape index (κ2) is 7.23. The fraction of sp³-hybridized carbons (Fsp3) is 0.400. The maximum Gasteiger partial charge on any atom is 0.230 e. The van der Waals surface area contributed by atoms with E-state index in [9.17, 15) is 4.79 Å². The number of nitrogen functional groups attached to an aromatic ring is 1. The largest absolute Gasteiger partial charge is 0.353 e. The Labute approximate surface area is 143 Å². The van der Waals surface area contributed by atoms with Crippen molar-refractivity contribution < 1.29 is 4.79 Å². The molecule has 0 aliphatic heterocycles. The van der Waals surface area contributed by atoms with Gasteiger partial charge in [-0.25, -0.2) is 4.68 Å². The number of nitrogens with zero attached hydrogens (tertiary/aromatic N) is 3. The molecule has 0 atom stereocenters. The predicted molar refractivity (Wildman–Crippen MR) is 91.7 cm³/mol. The number of thioether (sulfide) groups is 1. The van der Waals surface area contributed by atoms with Gasteiger partial charge in [-0.2, -0.15) is 0 Å². The van der Waals surface area contributed by atoms with Crippen LogP contribution in [0.2, 0.25) is 5.02 Å². The van der Waals surface area contributed by atoms with Gasteiger partial charge in [0, 0.05) is 11.6 Å². The second-order valence-electron chi connectivity index (χ2n) is 5.49. The lowest BCUT2D eigenvalue weighted by Gasteiger charge is -2.11. The molecule has 1 fully saturated rings. The van der Waals surface area contributed by atoms with Gasteiger partial charge in [0.05, 0.1) is 10.8 Å². The number of nitrogens with two attached hydrogens (primary N) is 1. The first-order valence-corrected chi connectivity index (χ1v) is 8.89. The van der Waals surface area contributed by atoms with E-state index < -0.39 is 0 Å². The van der Waals surface area contributed by atoms with Crippen LogP contribution in [-0.4, -0.2) is 32.6 Å². The fourth-order valence-corrected chi connectivity index (χ4v) is 3.56. The van der Waals surface area contributed by atoms with Crippen LogP contribution in [0.25, 0.3) is 11.4 Å². The molecule has 0 spiro atoms. The third kappa shape index (κ3) is 3.79. The minimum Gasteiger partial charge on any atom is -0.353 e. The lowest BCUT2D eigenvalue weighted by atomic mass is 10.2. The van der Waals surface area contributed by atoms with Crippen molar-refractivity contribution >= 4 is 29.3 Å². The summed E-state index contributed by atoms with van der Waals surface area (Å²) in [5.74, 6) is 6.79. The van der Waals surface area contributed by atoms with Crippen LogP contribution in [0.5, 0.6) is 0 Å². The summed E-state index contributed by atoms with van der Waals surface area (Å²) in [5.41, 5.74) is 0.714. The van der Waals surface area contributed by atoms with Crippen LogP contribution in [0.15, 0.2) is 29.4 Å². The highest BCUT2D eigenvalue weighted by molar-refractivity contribution is 7.99. The van der Waals surface area contributed by atoms with Gasteiger partial charge in [-0.3, -0.25) is 4.79 Å². The topological polar surface area (TPSA) is 85.8 Å². The minimum absolute atomic E-state index is 0.00388. The number of benzene rings is 1. The van der Waals surface area contributed by atoms with Crippen LogP contribution >= 0.6 is 23.4 Å². The summed E-state index contributed by atoms with van der Waals surface area (Å²) >= 11 is 7.42. The van der Waals surface area contributed by atoms with Gasteiger partial charge in [0.1, 0.15) is 0 Å². The third-order valence-corrected chi connectivity index (χ3v) is 5.10. The van der Waals surface area contributed by atoms with Crippen molar-refractivity contribution in [3.63, 3.8) is 0 Å². The van der Waals surface area contributed by atoms with Gasteiger partial charge in [0.25, 0.3) is 0 Å². The zero-order valence-corrected chi connectivity index (χ0v) is 14.1. The molecule has 6 nitrogen and oxygen atoms in total. The average Bonchev–Trinajstić information content (AvgIpc) is 3.16. The SMILES string of the molecule is Nn1c(SCC(=O)NC2CCCC2)nnc1-c1ccccc1Cl. The van der Waals surface area contributed by atoms with Crippen LogP contribution in [0.1, 0.15) is 25.7 Å². The van der Waals surface area contributed by atoms with Crippen LogP contribution in [-0.2, 0) is 4.79 Å². The van der Waals surface area contributed by atoms with Crippen molar-refractivity contribution in [3.05, 3.63) is 29.3 Å². The Morgan fingerprint density at radius 3 is 2.83 bits per heavy atom. The molecule has 2 aromatic rings. The van der Waals surface area contributed by atoms with Crippen LogP contribution in [0.3, 0.4) is 0 Å². The van der Waals surface area contributed by atoms with E-state index in [0.717, 1.165) is 12.8 Å². The lowest BCUT2D eigenvalue weighted by Crippen LogP contribution is -2.34. The zero-order valence-electron chi connectivity index (χ0n) is 12.5. The van der Waals surface area contributed by atoms with E-state index in [2.05, 4.69) is 15.5 Å². The Morgan fingerprint density at radius 2 is 2.09 bits per heavy atom. The Morgan fingerprint density at radius 1 is 1.35 bits per heavy atom. The van der Waals surface area contributed by atoms with Crippen LogP contribution in [0.4, 0.5) is 0 Å². The third-order valence-electron chi connectivity index (χ3n) is 3.83. The highest BCUT2D eigenvalue weighted by Gasteiger charge is 2.19. The van der Waals surface area contributed by atoms with Gasteiger partial charge in [0.2, 0.25) is 11.1 Å². The number of hydrogen-bond acceptors (Lipinski definition) is 5. The van der Waals surface area contributed by atoms with Gasteiger partial charge < -0.3 is 11.2 Å². The Bertz CT molecular complexity index is 699. The van der Waals surface area contributed by atoms with Gasteiger partial charge in [-0.05, 0) is 25.0 Å². The van der Waals surface area contributed by atoms with E-state index in [-0.39, 0.29) is 11.7 Å². The van der Waals surface area contributed by atoms with E-state index in [0.29, 0.717) is 27.6 Å². The number of amides is 1. The summed E-state index contributed by atoms with van der Waals surface area (Å²) in [5, 5.41) is 12.2. The summed E-state index contributed by atoms with van der Waals surface area (Å²) in [6.07, 6.45) is 4.52. The first-order chi connectivity index (χ1) is 11.1. The summed E-state index contributed by atoms with van der Waals surface area (Å²) < 4.78 is 1.37. The number of nitrogens with one attached hydrogen (secondary N) is 1. The summed E-state index contributed by atoms with van der Waals surface area (Å²) in [7, 11) is 0. The molecule has 1 aromatic carbocycles. The quantitative estimate of drug-likeness (QED) is 0.638. The first kappa shape index (κ1) is 16.1. The summed E-state index contributed by atoms with van der Waals surface area (Å²) in [4.78, 5) is 12.0. The molecule has 1 heterocycles. The van der Waals surface area contributed by atoms with Crippen molar-refractivity contribution in [1.82, 2.24) is 20.2 Å². The lowest BCUT2D eigenvalue weighted by molar-refractivity contribution is -0.119. The molecule has 0 saturated heterocycles. The Hall–Kier alpha value is -1.73. The van der Waals surface area contributed by atoms with E-state index >= 15 is 0 Å². The van der Waals surface area contributed by atoms with E-state index in [1.165, 1.54) is 29.3 Å². The molecule has 1 amide bonds. The van der Waals surface area contributed by atoms with E-state index in [1.54, 1.807) is 6.07 Å². The zero-order chi connectivity index (χ0) is 16.2. The molecule has 122 valence electrons. The Kier molecular flexibility index (Phi) is 5.07. The number of halogens is 1. The molecule has 8 heteroatoms. The summed E-state index contributed by atoms with van der Waals surface area (Å²) in [6.45, 7) is 0.